The average Bonchev–Trinajstić information content (AvgIpc) is 2.41. The Morgan fingerprint density at radius 1 is 1.56 bits per heavy atom. The highest BCUT2D eigenvalue weighted by atomic mass is 32.2. The summed E-state index contributed by atoms with van der Waals surface area (Å²) in [5.41, 5.74) is 6.05. The fourth-order valence-electron chi connectivity index (χ4n) is 1.30. The number of nitrogens with one attached hydrogen (secondary N) is 1. The van der Waals surface area contributed by atoms with Crippen LogP contribution in [-0.2, 0) is 21.8 Å². The minimum Gasteiger partial charge on any atom is -0.383 e. The van der Waals surface area contributed by atoms with Gasteiger partial charge < -0.3 is 10.5 Å². The van der Waals surface area contributed by atoms with Crippen molar-refractivity contribution in [3.05, 3.63) is 5.69 Å². The van der Waals surface area contributed by atoms with Crippen LogP contribution in [0, 0.1) is 6.92 Å². The van der Waals surface area contributed by atoms with E-state index in [1.807, 2.05) is 0 Å². The zero-order valence-corrected chi connectivity index (χ0v) is 10.3. The van der Waals surface area contributed by atoms with Crippen molar-refractivity contribution in [3.8, 4) is 0 Å². The van der Waals surface area contributed by atoms with Crippen molar-refractivity contribution in [3.63, 3.8) is 0 Å². The maximum atomic E-state index is 11.9. The smallest absolute Gasteiger partial charge is 0.246 e. The van der Waals surface area contributed by atoms with Crippen molar-refractivity contribution in [1.29, 1.82) is 0 Å². The highest BCUT2D eigenvalue weighted by molar-refractivity contribution is 7.89. The van der Waals surface area contributed by atoms with Crippen LogP contribution in [0.3, 0.4) is 0 Å². The topological polar surface area (TPSA) is 99.2 Å². The number of nitrogens with two attached hydrogens (primary N) is 1. The first-order valence-electron chi connectivity index (χ1n) is 4.68. The third-order valence-corrected chi connectivity index (χ3v) is 3.80. The van der Waals surface area contributed by atoms with Crippen molar-refractivity contribution in [2.45, 2.75) is 11.8 Å². The number of sulfonamides is 1. The van der Waals surface area contributed by atoms with Crippen molar-refractivity contribution in [2.75, 3.05) is 26.0 Å². The predicted molar refractivity (Wildman–Crippen MR) is 59.4 cm³/mol. The molecule has 1 heterocycles. The second-order valence-electron chi connectivity index (χ2n) is 3.31. The van der Waals surface area contributed by atoms with Crippen LogP contribution in [0.15, 0.2) is 4.90 Å². The molecule has 0 aliphatic rings. The Morgan fingerprint density at radius 3 is 2.62 bits per heavy atom. The second-order valence-corrected chi connectivity index (χ2v) is 5.02. The van der Waals surface area contributed by atoms with Gasteiger partial charge in [-0.05, 0) is 6.92 Å². The summed E-state index contributed by atoms with van der Waals surface area (Å²) in [6, 6.07) is 0. The van der Waals surface area contributed by atoms with Crippen LogP contribution in [0.25, 0.3) is 0 Å². The van der Waals surface area contributed by atoms with Crippen molar-refractivity contribution < 1.29 is 13.2 Å². The van der Waals surface area contributed by atoms with E-state index in [0.29, 0.717) is 12.3 Å². The number of hydrogen-bond donors (Lipinski definition) is 2. The number of methoxy groups -OCH3 is 1. The van der Waals surface area contributed by atoms with Gasteiger partial charge in [0.25, 0.3) is 0 Å². The van der Waals surface area contributed by atoms with Gasteiger partial charge in [0.2, 0.25) is 10.0 Å². The number of rotatable bonds is 5. The highest BCUT2D eigenvalue weighted by Gasteiger charge is 2.23. The van der Waals surface area contributed by atoms with Gasteiger partial charge in [0.1, 0.15) is 4.90 Å². The Bertz CT molecular complexity index is 466. The fraction of sp³-hybridized carbons (Fsp3) is 0.625. The van der Waals surface area contributed by atoms with E-state index in [1.165, 1.54) is 11.8 Å². The molecule has 7 nitrogen and oxygen atoms in total. The quantitative estimate of drug-likeness (QED) is 0.667. The van der Waals surface area contributed by atoms with Crippen molar-refractivity contribution >= 4 is 15.8 Å². The van der Waals surface area contributed by atoms with Crippen LogP contribution in [0.5, 0.6) is 0 Å². The van der Waals surface area contributed by atoms with Crippen molar-refractivity contribution in [1.82, 2.24) is 14.5 Å². The molecular formula is C8H16N4O3S. The standard InChI is InChI=1S/C8H16N4O3S/c1-6-7(8(9)11-12(6)2)16(13,14)10-4-5-15-3/h10H,4-5H2,1-3H3,(H2,9,11). The van der Waals surface area contributed by atoms with E-state index in [0.717, 1.165) is 0 Å². The molecule has 1 aromatic rings. The third-order valence-electron chi connectivity index (χ3n) is 2.17. The van der Waals surface area contributed by atoms with Gasteiger partial charge in [-0.15, -0.1) is 0 Å². The number of anilines is 1. The molecule has 0 saturated heterocycles. The van der Waals surface area contributed by atoms with Crippen LogP contribution in [0.2, 0.25) is 0 Å². The molecule has 0 unspecified atom stereocenters. The Balaban J connectivity index is 2.98. The number of aromatic nitrogens is 2. The molecule has 92 valence electrons. The van der Waals surface area contributed by atoms with Crippen LogP contribution < -0.4 is 10.5 Å². The normalized spacial score (nSPS) is 11.9. The lowest BCUT2D eigenvalue weighted by Gasteiger charge is -2.06. The van der Waals surface area contributed by atoms with E-state index in [-0.39, 0.29) is 17.3 Å². The molecule has 0 fully saturated rings. The van der Waals surface area contributed by atoms with Gasteiger partial charge in [-0.25, -0.2) is 13.1 Å². The molecule has 0 atom stereocenters. The van der Waals surface area contributed by atoms with E-state index in [2.05, 4.69) is 9.82 Å². The number of aryl methyl sites for hydroxylation is 1. The maximum Gasteiger partial charge on any atom is 0.246 e. The molecule has 0 amide bonds. The molecule has 8 heteroatoms. The molecule has 3 N–H and O–H groups in total. The van der Waals surface area contributed by atoms with Gasteiger partial charge in [0, 0.05) is 20.7 Å². The molecule has 16 heavy (non-hydrogen) atoms. The Hall–Kier alpha value is -1.12. The van der Waals surface area contributed by atoms with E-state index in [1.54, 1.807) is 14.0 Å². The second kappa shape index (κ2) is 4.81. The molecule has 0 saturated carbocycles. The lowest BCUT2D eigenvalue weighted by molar-refractivity contribution is 0.204. The van der Waals surface area contributed by atoms with Gasteiger partial charge >= 0.3 is 0 Å². The first kappa shape index (κ1) is 12.9. The lowest BCUT2D eigenvalue weighted by Crippen LogP contribution is -2.28. The molecule has 1 aromatic heterocycles. The van der Waals surface area contributed by atoms with E-state index in [4.69, 9.17) is 10.5 Å². The molecule has 1 rings (SSSR count). The Morgan fingerprint density at radius 2 is 2.19 bits per heavy atom. The zero-order valence-electron chi connectivity index (χ0n) is 9.52. The zero-order chi connectivity index (χ0) is 12.3. The van der Waals surface area contributed by atoms with E-state index < -0.39 is 10.0 Å². The molecule has 0 bridgehead atoms. The maximum absolute atomic E-state index is 11.9. The Kier molecular flexibility index (Phi) is 3.89. The number of nitrogens with zero attached hydrogens (tertiary/aromatic N) is 2. The largest absolute Gasteiger partial charge is 0.383 e. The average molecular weight is 248 g/mol. The number of nitrogen functional groups attached to an aromatic ring is 1. The summed E-state index contributed by atoms with van der Waals surface area (Å²) in [5, 5.41) is 3.85. The van der Waals surface area contributed by atoms with Gasteiger partial charge in [-0.3, -0.25) is 4.68 Å². The van der Waals surface area contributed by atoms with Gasteiger partial charge in [0.05, 0.1) is 12.3 Å². The summed E-state index contributed by atoms with van der Waals surface area (Å²) < 4.78 is 32.3. The minimum absolute atomic E-state index is 0.00455. The molecule has 0 aliphatic carbocycles. The van der Waals surface area contributed by atoms with Crippen LogP contribution in [-0.4, -0.2) is 38.5 Å². The van der Waals surface area contributed by atoms with Gasteiger partial charge in [-0.1, -0.05) is 0 Å². The SMILES string of the molecule is COCCNS(=O)(=O)c1c(N)nn(C)c1C. The molecule has 0 aliphatic heterocycles. The van der Waals surface area contributed by atoms with Gasteiger partial charge in [0.15, 0.2) is 5.82 Å². The van der Waals surface area contributed by atoms with Crippen LogP contribution in [0.1, 0.15) is 5.69 Å². The monoisotopic (exact) mass is 248 g/mol. The molecule has 0 spiro atoms. The summed E-state index contributed by atoms with van der Waals surface area (Å²) in [4.78, 5) is 0.0334. The molecule has 0 radical (unpaired) electrons. The number of ether oxygens (including phenoxy) is 1. The minimum atomic E-state index is -3.61. The molecule has 0 aromatic carbocycles. The number of hydrogen-bond acceptors (Lipinski definition) is 5. The summed E-state index contributed by atoms with van der Waals surface area (Å²) in [5.74, 6) is 0.00455. The first-order chi connectivity index (χ1) is 7.40. The van der Waals surface area contributed by atoms with Crippen LogP contribution in [0.4, 0.5) is 5.82 Å². The molecular weight excluding hydrogens is 232 g/mol. The van der Waals surface area contributed by atoms with Crippen molar-refractivity contribution in [2.24, 2.45) is 7.05 Å². The summed E-state index contributed by atoms with van der Waals surface area (Å²) in [6.07, 6.45) is 0. The highest BCUT2D eigenvalue weighted by Crippen LogP contribution is 2.20. The first-order valence-corrected chi connectivity index (χ1v) is 6.16. The van der Waals surface area contributed by atoms with Gasteiger partial charge in [-0.2, -0.15) is 5.10 Å². The van der Waals surface area contributed by atoms with Crippen LogP contribution >= 0.6 is 0 Å². The summed E-state index contributed by atoms with van der Waals surface area (Å²) in [6.45, 7) is 2.15. The predicted octanol–water partition coefficient (Wildman–Crippen LogP) is -0.765. The lowest BCUT2D eigenvalue weighted by atomic mass is 10.5. The van der Waals surface area contributed by atoms with E-state index in [9.17, 15) is 8.42 Å². The summed E-state index contributed by atoms with van der Waals surface area (Å²) >= 11 is 0. The fourth-order valence-corrected chi connectivity index (χ4v) is 2.63. The Labute approximate surface area is 94.6 Å². The van der Waals surface area contributed by atoms with E-state index >= 15 is 0 Å². The third kappa shape index (κ3) is 2.52. The summed E-state index contributed by atoms with van der Waals surface area (Å²) in [7, 11) is -0.475.